The summed E-state index contributed by atoms with van der Waals surface area (Å²) >= 11 is 0. The van der Waals surface area contributed by atoms with E-state index >= 15 is 0 Å². The highest BCUT2D eigenvalue weighted by Gasteiger charge is 2.17. The Morgan fingerprint density at radius 3 is 2.65 bits per heavy atom. The maximum atomic E-state index is 10.2. The van der Waals surface area contributed by atoms with E-state index in [9.17, 15) is 5.11 Å². The van der Waals surface area contributed by atoms with Gasteiger partial charge in [-0.1, -0.05) is 0 Å². The van der Waals surface area contributed by atoms with Crippen LogP contribution in [0, 0.1) is 6.92 Å². The summed E-state index contributed by atoms with van der Waals surface area (Å²) in [5.74, 6) is 0.328. The van der Waals surface area contributed by atoms with Gasteiger partial charge in [-0.25, -0.2) is 4.98 Å². The monoisotopic (exact) mass is 231 g/mol. The summed E-state index contributed by atoms with van der Waals surface area (Å²) in [5, 5.41) is 10.2. The lowest BCUT2D eigenvalue weighted by Crippen LogP contribution is -2.06. The predicted molar refractivity (Wildman–Crippen MR) is 61.6 cm³/mol. The zero-order chi connectivity index (χ0) is 12.3. The Kier molecular flexibility index (Phi) is 3.30. The van der Waals surface area contributed by atoms with Crippen LogP contribution in [0.2, 0.25) is 0 Å². The molecule has 88 valence electrons. The molecule has 0 fully saturated rings. The topological polar surface area (TPSA) is 68.1 Å². The molecule has 0 saturated carbocycles. The van der Waals surface area contributed by atoms with E-state index in [1.165, 1.54) is 19.5 Å². The first-order valence-electron chi connectivity index (χ1n) is 5.18. The van der Waals surface area contributed by atoms with Crippen LogP contribution in [0.15, 0.2) is 30.7 Å². The lowest BCUT2D eigenvalue weighted by Gasteiger charge is -2.12. The predicted octanol–water partition coefficient (Wildman–Crippen LogP) is 1.27. The highest BCUT2D eigenvalue weighted by atomic mass is 16.5. The molecule has 2 heterocycles. The Morgan fingerprint density at radius 1 is 1.18 bits per heavy atom. The lowest BCUT2D eigenvalue weighted by atomic mass is 10.1. The number of aromatic nitrogens is 3. The van der Waals surface area contributed by atoms with Crippen LogP contribution in [0.3, 0.4) is 0 Å². The smallest absolute Gasteiger partial charge is 0.238 e. The summed E-state index contributed by atoms with van der Waals surface area (Å²) < 4.78 is 5.07. The molecule has 0 spiro atoms. The molecule has 0 aliphatic rings. The summed E-state index contributed by atoms with van der Waals surface area (Å²) in [6.45, 7) is 1.87. The third kappa shape index (κ3) is 2.39. The molecule has 0 aliphatic carbocycles. The van der Waals surface area contributed by atoms with Gasteiger partial charge in [-0.05, 0) is 24.6 Å². The number of pyridine rings is 1. The number of hydrogen-bond acceptors (Lipinski definition) is 5. The van der Waals surface area contributed by atoms with Gasteiger partial charge in [0.25, 0.3) is 0 Å². The Balaban J connectivity index is 2.40. The van der Waals surface area contributed by atoms with Crippen LogP contribution in [0.4, 0.5) is 0 Å². The fraction of sp³-hybridized carbons (Fsp3) is 0.250. The van der Waals surface area contributed by atoms with Crippen molar-refractivity contribution in [3.63, 3.8) is 0 Å². The highest BCUT2D eigenvalue weighted by Crippen LogP contribution is 2.25. The average Bonchev–Trinajstić information content (AvgIpc) is 2.38. The Morgan fingerprint density at radius 2 is 1.94 bits per heavy atom. The molecule has 0 aliphatic heterocycles. The number of aliphatic hydroxyl groups is 1. The SMILES string of the molecule is COc1nccnc1C(O)c1ccnc(C)c1. The second kappa shape index (κ2) is 4.88. The Hall–Kier alpha value is -2.01. The van der Waals surface area contributed by atoms with Crippen LogP contribution in [0.5, 0.6) is 5.88 Å². The summed E-state index contributed by atoms with van der Waals surface area (Å²) in [7, 11) is 1.50. The molecule has 1 N–H and O–H groups in total. The van der Waals surface area contributed by atoms with Crippen molar-refractivity contribution in [2.45, 2.75) is 13.0 Å². The van der Waals surface area contributed by atoms with Gasteiger partial charge >= 0.3 is 0 Å². The number of ether oxygens (including phenoxy) is 1. The molecule has 1 atom stereocenters. The summed E-state index contributed by atoms with van der Waals surface area (Å²) in [6, 6.07) is 3.55. The summed E-state index contributed by atoms with van der Waals surface area (Å²) in [5.41, 5.74) is 1.96. The van der Waals surface area contributed by atoms with Gasteiger partial charge in [0, 0.05) is 24.3 Å². The first-order chi connectivity index (χ1) is 8.22. The minimum atomic E-state index is -0.861. The Labute approximate surface area is 99.2 Å². The van der Waals surface area contributed by atoms with Crippen molar-refractivity contribution in [2.24, 2.45) is 0 Å². The van der Waals surface area contributed by atoms with E-state index in [2.05, 4.69) is 15.0 Å². The zero-order valence-corrected chi connectivity index (χ0v) is 9.66. The second-order valence-corrected chi connectivity index (χ2v) is 3.58. The largest absolute Gasteiger partial charge is 0.480 e. The molecular formula is C12H13N3O2. The van der Waals surface area contributed by atoms with Crippen LogP contribution in [0.1, 0.15) is 23.1 Å². The molecular weight excluding hydrogens is 218 g/mol. The fourth-order valence-electron chi connectivity index (χ4n) is 1.58. The Bertz CT molecular complexity index is 517. The number of hydrogen-bond donors (Lipinski definition) is 1. The molecule has 0 amide bonds. The van der Waals surface area contributed by atoms with Gasteiger partial charge in [-0.15, -0.1) is 0 Å². The standard InChI is InChI=1S/C12H13N3O2/c1-8-7-9(3-4-13-8)11(16)10-12(17-2)15-6-5-14-10/h3-7,11,16H,1-2H3. The normalized spacial score (nSPS) is 12.2. The minimum absolute atomic E-state index is 0.328. The molecule has 2 aromatic heterocycles. The molecule has 17 heavy (non-hydrogen) atoms. The van der Waals surface area contributed by atoms with Crippen molar-refractivity contribution < 1.29 is 9.84 Å². The van der Waals surface area contributed by atoms with Gasteiger partial charge in [0.2, 0.25) is 5.88 Å². The quantitative estimate of drug-likeness (QED) is 0.861. The van der Waals surface area contributed by atoms with Gasteiger partial charge in [-0.2, -0.15) is 0 Å². The first-order valence-corrected chi connectivity index (χ1v) is 5.18. The molecule has 2 rings (SSSR count). The fourth-order valence-corrected chi connectivity index (χ4v) is 1.58. The lowest BCUT2D eigenvalue weighted by molar-refractivity contribution is 0.207. The minimum Gasteiger partial charge on any atom is -0.480 e. The maximum Gasteiger partial charge on any atom is 0.238 e. The van der Waals surface area contributed by atoms with Crippen LogP contribution < -0.4 is 4.74 Å². The van der Waals surface area contributed by atoms with Crippen molar-refractivity contribution in [1.29, 1.82) is 0 Å². The molecule has 2 aromatic rings. The van der Waals surface area contributed by atoms with Crippen molar-refractivity contribution in [2.75, 3.05) is 7.11 Å². The van der Waals surface area contributed by atoms with E-state index in [-0.39, 0.29) is 0 Å². The second-order valence-electron chi connectivity index (χ2n) is 3.58. The molecule has 0 saturated heterocycles. The molecule has 5 heteroatoms. The van der Waals surface area contributed by atoms with E-state index in [1.54, 1.807) is 18.3 Å². The van der Waals surface area contributed by atoms with Gasteiger partial charge < -0.3 is 9.84 Å². The van der Waals surface area contributed by atoms with Gasteiger partial charge in [-0.3, -0.25) is 9.97 Å². The van der Waals surface area contributed by atoms with Gasteiger partial charge in [0.1, 0.15) is 11.8 Å². The maximum absolute atomic E-state index is 10.2. The number of rotatable bonds is 3. The van der Waals surface area contributed by atoms with E-state index in [0.717, 1.165) is 11.3 Å². The average molecular weight is 231 g/mol. The van der Waals surface area contributed by atoms with Crippen LogP contribution in [-0.4, -0.2) is 27.2 Å². The third-order valence-electron chi connectivity index (χ3n) is 2.38. The molecule has 5 nitrogen and oxygen atoms in total. The van der Waals surface area contributed by atoms with Crippen molar-refractivity contribution >= 4 is 0 Å². The van der Waals surface area contributed by atoms with Crippen molar-refractivity contribution in [3.8, 4) is 5.88 Å². The summed E-state index contributed by atoms with van der Waals surface area (Å²) in [4.78, 5) is 12.2. The van der Waals surface area contributed by atoms with Crippen molar-refractivity contribution in [1.82, 2.24) is 15.0 Å². The number of nitrogens with zero attached hydrogens (tertiary/aromatic N) is 3. The van der Waals surface area contributed by atoms with E-state index < -0.39 is 6.10 Å². The van der Waals surface area contributed by atoms with Gasteiger partial charge in [0.15, 0.2) is 0 Å². The van der Waals surface area contributed by atoms with Crippen LogP contribution in [-0.2, 0) is 0 Å². The first kappa shape index (κ1) is 11.5. The molecule has 0 aromatic carbocycles. The van der Waals surface area contributed by atoms with Gasteiger partial charge in [0.05, 0.1) is 7.11 Å². The van der Waals surface area contributed by atoms with Crippen LogP contribution in [0.25, 0.3) is 0 Å². The van der Waals surface area contributed by atoms with Crippen LogP contribution >= 0.6 is 0 Å². The van der Waals surface area contributed by atoms with E-state index in [4.69, 9.17) is 4.74 Å². The highest BCUT2D eigenvalue weighted by molar-refractivity contribution is 5.30. The van der Waals surface area contributed by atoms with Crippen molar-refractivity contribution in [3.05, 3.63) is 47.7 Å². The van der Waals surface area contributed by atoms with E-state index in [0.29, 0.717) is 11.6 Å². The third-order valence-corrected chi connectivity index (χ3v) is 2.38. The number of aliphatic hydroxyl groups excluding tert-OH is 1. The van der Waals surface area contributed by atoms with E-state index in [1.807, 2.05) is 6.92 Å². The number of aryl methyl sites for hydroxylation is 1. The zero-order valence-electron chi connectivity index (χ0n) is 9.66. The number of methoxy groups -OCH3 is 1. The molecule has 1 unspecified atom stereocenters. The summed E-state index contributed by atoms with van der Waals surface area (Å²) in [6.07, 6.45) is 3.83. The molecule has 0 radical (unpaired) electrons. The molecule has 0 bridgehead atoms.